The van der Waals surface area contributed by atoms with Crippen molar-refractivity contribution in [3.8, 4) is 11.5 Å². The van der Waals surface area contributed by atoms with Crippen LogP contribution in [0.15, 0.2) is 76.7 Å². The summed E-state index contributed by atoms with van der Waals surface area (Å²) in [6, 6.07) is 13.7. The van der Waals surface area contributed by atoms with Crippen LogP contribution in [0.1, 0.15) is 0 Å². The Morgan fingerprint density at radius 1 is 0.821 bits per heavy atom. The number of aromatic amines is 1. The van der Waals surface area contributed by atoms with Gasteiger partial charge in [-0.1, -0.05) is 11.6 Å². The van der Waals surface area contributed by atoms with Crippen molar-refractivity contribution in [2.24, 2.45) is 0 Å². The molecule has 136 valence electrons. The van der Waals surface area contributed by atoms with Crippen LogP contribution in [-0.4, -0.2) is 24.3 Å². The molecule has 0 saturated heterocycles. The molecule has 0 amide bonds. The van der Waals surface area contributed by atoms with Crippen molar-refractivity contribution in [3.63, 3.8) is 0 Å². The molecule has 28 heavy (non-hydrogen) atoms. The van der Waals surface area contributed by atoms with Crippen LogP contribution >= 0.6 is 11.6 Å². The molecule has 0 atom stereocenters. The molecular formula is C20H12ClN5O2. The molecule has 0 aliphatic rings. The average molecular weight is 390 g/mol. The lowest BCUT2D eigenvalue weighted by molar-refractivity contribution is 0.926. The van der Waals surface area contributed by atoms with Gasteiger partial charge < -0.3 is 0 Å². The Hall–Kier alpha value is -3.71. The molecule has 4 heterocycles. The first-order valence-corrected chi connectivity index (χ1v) is 8.83. The van der Waals surface area contributed by atoms with E-state index in [0.29, 0.717) is 38.3 Å². The Balaban J connectivity index is 1.79. The van der Waals surface area contributed by atoms with E-state index >= 15 is 0 Å². The monoisotopic (exact) mass is 389 g/mol. The summed E-state index contributed by atoms with van der Waals surface area (Å²) in [5.74, 6) is 0.540. The first-order chi connectivity index (χ1) is 13.6. The number of benzene rings is 1. The van der Waals surface area contributed by atoms with Crippen molar-refractivity contribution in [3.05, 3.63) is 92.9 Å². The van der Waals surface area contributed by atoms with Crippen LogP contribution in [0.4, 0.5) is 0 Å². The molecule has 5 aromatic rings. The second-order valence-electron chi connectivity index (χ2n) is 6.25. The van der Waals surface area contributed by atoms with Gasteiger partial charge in [0.2, 0.25) is 0 Å². The minimum absolute atomic E-state index is 0.259. The topological polar surface area (TPSA) is 85.6 Å². The molecule has 0 spiro atoms. The lowest BCUT2D eigenvalue weighted by atomic mass is 10.2. The minimum atomic E-state index is -0.280. The summed E-state index contributed by atoms with van der Waals surface area (Å²) in [5.41, 5.74) is 1.20. The van der Waals surface area contributed by atoms with Crippen molar-refractivity contribution in [2.75, 3.05) is 0 Å². The maximum absolute atomic E-state index is 13.0. The Morgan fingerprint density at radius 3 is 2.11 bits per heavy atom. The van der Waals surface area contributed by atoms with Crippen LogP contribution in [0.25, 0.3) is 33.3 Å². The lowest BCUT2D eigenvalue weighted by Gasteiger charge is -2.09. The summed E-state index contributed by atoms with van der Waals surface area (Å²) >= 11 is 5.93. The van der Waals surface area contributed by atoms with Gasteiger partial charge in [0, 0.05) is 29.2 Å². The highest BCUT2D eigenvalue weighted by atomic mass is 35.5. The number of pyridine rings is 3. The van der Waals surface area contributed by atoms with Gasteiger partial charge in [0.15, 0.2) is 0 Å². The third-order valence-corrected chi connectivity index (χ3v) is 4.85. The molecule has 5 rings (SSSR count). The summed E-state index contributed by atoms with van der Waals surface area (Å²) < 4.78 is 2.94. The quantitative estimate of drug-likeness (QED) is 0.470. The molecular weight excluding hydrogens is 378 g/mol. The Morgan fingerprint density at radius 2 is 1.46 bits per heavy atom. The summed E-state index contributed by atoms with van der Waals surface area (Å²) in [6.07, 6.45) is 4.86. The van der Waals surface area contributed by atoms with Crippen molar-refractivity contribution in [2.45, 2.75) is 0 Å². The molecule has 0 fully saturated rings. The van der Waals surface area contributed by atoms with Crippen LogP contribution in [0.2, 0.25) is 5.02 Å². The number of fused-ring (bicyclic) bond motifs is 2. The number of hydrogen-bond donors (Lipinski definition) is 1. The van der Waals surface area contributed by atoms with E-state index in [-0.39, 0.29) is 11.1 Å². The van der Waals surface area contributed by atoms with Crippen LogP contribution < -0.4 is 11.1 Å². The first kappa shape index (κ1) is 16.5. The number of H-pyrrole nitrogens is 1. The van der Waals surface area contributed by atoms with Crippen molar-refractivity contribution in [1.82, 2.24) is 24.3 Å². The fourth-order valence-corrected chi connectivity index (χ4v) is 3.33. The van der Waals surface area contributed by atoms with E-state index in [1.807, 2.05) is 0 Å². The number of nitrogens with one attached hydrogen (secondary N) is 1. The van der Waals surface area contributed by atoms with E-state index < -0.39 is 0 Å². The lowest BCUT2D eigenvalue weighted by Crippen LogP contribution is -2.21. The summed E-state index contributed by atoms with van der Waals surface area (Å²) in [4.78, 5) is 30.5. The van der Waals surface area contributed by atoms with Gasteiger partial charge in [-0.3, -0.25) is 23.8 Å². The zero-order valence-electron chi connectivity index (χ0n) is 14.3. The van der Waals surface area contributed by atoms with E-state index in [4.69, 9.17) is 11.6 Å². The van der Waals surface area contributed by atoms with Crippen LogP contribution in [0.5, 0.6) is 0 Å². The number of nitrogens with zero attached hydrogens (tertiary/aromatic N) is 4. The van der Waals surface area contributed by atoms with Crippen molar-refractivity contribution < 1.29 is 0 Å². The molecule has 0 radical (unpaired) electrons. The minimum Gasteiger partial charge on any atom is -0.284 e. The van der Waals surface area contributed by atoms with Gasteiger partial charge >= 0.3 is 0 Å². The standard InChI is InChI=1S/C20H12ClN5O2/c21-12-1-3-13(4-2-12)25-9-6-16-14(19(25)27)11-15-17(23-16)7-10-26(20(15)28)18-5-8-22-24-18/h1-11H,(H,22,24). The molecule has 0 unspecified atom stereocenters. The smallest absolute Gasteiger partial charge is 0.265 e. The summed E-state index contributed by atoms with van der Waals surface area (Å²) in [5, 5.41) is 7.94. The molecule has 1 N–H and O–H groups in total. The maximum Gasteiger partial charge on any atom is 0.265 e. The molecule has 4 aromatic heterocycles. The number of halogens is 1. The van der Waals surface area contributed by atoms with Crippen LogP contribution in [0.3, 0.4) is 0 Å². The fraction of sp³-hybridized carbons (Fsp3) is 0. The highest BCUT2D eigenvalue weighted by Crippen LogP contribution is 2.17. The first-order valence-electron chi connectivity index (χ1n) is 8.45. The zero-order valence-corrected chi connectivity index (χ0v) is 15.1. The van der Waals surface area contributed by atoms with Gasteiger partial charge in [-0.05, 0) is 42.5 Å². The predicted octanol–water partition coefficient (Wildman–Crippen LogP) is 3.07. The van der Waals surface area contributed by atoms with E-state index in [1.54, 1.807) is 67.1 Å². The van der Waals surface area contributed by atoms with Gasteiger partial charge in [-0.15, -0.1) is 0 Å². The summed E-state index contributed by atoms with van der Waals surface area (Å²) in [6.45, 7) is 0. The van der Waals surface area contributed by atoms with Gasteiger partial charge in [-0.25, -0.2) is 4.98 Å². The highest BCUT2D eigenvalue weighted by molar-refractivity contribution is 6.30. The van der Waals surface area contributed by atoms with Gasteiger partial charge in [0.25, 0.3) is 11.1 Å². The third-order valence-electron chi connectivity index (χ3n) is 4.59. The Kier molecular flexibility index (Phi) is 3.63. The van der Waals surface area contributed by atoms with E-state index in [0.717, 1.165) is 0 Å². The average Bonchev–Trinajstić information content (AvgIpc) is 3.23. The van der Waals surface area contributed by atoms with Crippen LogP contribution in [0, 0.1) is 0 Å². The predicted molar refractivity (Wildman–Crippen MR) is 108 cm³/mol. The van der Waals surface area contributed by atoms with Gasteiger partial charge in [0.1, 0.15) is 5.82 Å². The molecule has 0 aliphatic heterocycles. The third kappa shape index (κ3) is 2.52. The van der Waals surface area contributed by atoms with Gasteiger partial charge in [0.05, 0.1) is 28.0 Å². The summed E-state index contributed by atoms with van der Waals surface area (Å²) in [7, 11) is 0. The maximum atomic E-state index is 13.0. The number of rotatable bonds is 2. The second-order valence-corrected chi connectivity index (χ2v) is 6.69. The van der Waals surface area contributed by atoms with Crippen LogP contribution in [-0.2, 0) is 0 Å². The molecule has 7 nitrogen and oxygen atoms in total. The molecule has 0 saturated carbocycles. The second kappa shape index (κ2) is 6.17. The number of aromatic nitrogens is 5. The normalized spacial score (nSPS) is 11.3. The fourth-order valence-electron chi connectivity index (χ4n) is 3.20. The molecule has 1 aromatic carbocycles. The van der Waals surface area contributed by atoms with E-state index in [2.05, 4.69) is 15.2 Å². The highest BCUT2D eigenvalue weighted by Gasteiger charge is 2.11. The molecule has 0 bridgehead atoms. The molecule has 8 heteroatoms. The zero-order chi connectivity index (χ0) is 19.3. The Labute approximate surface area is 162 Å². The Bertz CT molecular complexity index is 1450. The van der Waals surface area contributed by atoms with Crippen molar-refractivity contribution in [1.29, 1.82) is 0 Å². The number of hydrogen-bond acceptors (Lipinski definition) is 4. The molecule has 0 aliphatic carbocycles. The van der Waals surface area contributed by atoms with Crippen molar-refractivity contribution >= 4 is 33.4 Å². The largest absolute Gasteiger partial charge is 0.284 e. The van der Waals surface area contributed by atoms with E-state index in [1.165, 1.54) is 9.13 Å². The van der Waals surface area contributed by atoms with Gasteiger partial charge in [-0.2, -0.15) is 5.10 Å². The SMILES string of the molecule is O=c1c2cc3c(=O)n(-c4ccn[nH]4)ccc3nc2ccn1-c1ccc(Cl)cc1. The van der Waals surface area contributed by atoms with E-state index in [9.17, 15) is 9.59 Å².